The van der Waals surface area contributed by atoms with Crippen LogP contribution in [0.4, 0.5) is 17.2 Å². The van der Waals surface area contributed by atoms with Gasteiger partial charge in [-0.25, -0.2) is 9.97 Å². The zero-order chi connectivity index (χ0) is 58.3. The molecule has 0 saturated carbocycles. The number of carbonyl (C=O) groups is 6. The van der Waals surface area contributed by atoms with Crippen LogP contribution in [0.2, 0.25) is 0 Å². The topological polar surface area (TPSA) is 323 Å². The first kappa shape index (κ1) is 62.7. The number of thiazole rings is 1. The van der Waals surface area contributed by atoms with Gasteiger partial charge in [-0.3, -0.25) is 33.4 Å². The fourth-order valence-electron chi connectivity index (χ4n) is 8.25. The molecule has 26 nitrogen and oxygen atoms in total. The van der Waals surface area contributed by atoms with E-state index in [0.29, 0.717) is 49.3 Å². The lowest BCUT2D eigenvalue weighted by molar-refractivity contribution is -0.144. The van der Waals surface area contributed by atoms with Gasteiger partial charge in [0.1, 0.15) is 18.4 Å². The highest BCUT2D eigenvalue weighted by Crippen LogP contribution is 2.37. The molecule has 1 fully saturated rings. The van der Waals surface area contributed by atoms with Gasteiger partial charge in [-0.05, 0) is 35.6 Å². The Balaban J connectivity index is 0.766. The number of nitrogens with one attached hydrogen (secondary N) is 6. The molecule has 3 aromatic heterocycles. The third-order valence-electron chi connectivity index (χ3n) is 12.4. The molecule has 7 N–H and O–H groups in total. The van der Waals surface area contributed by atoms with Crippen LogP contribution < -0.4 is 36.6 Å². The van der Waals surface area contributed by atoms with Crippen LogP contribution in [0.15, 0.2) is 60.4 Å². The number of para-hydroxylation sites is 1. The Hall–Kier alpha value is -7.53. The normalized spacial score (nSPS) is 14.5. The summed E-state index contributed by atoms with van der Waals surface area (Å²) in [6.07, 6.45) is 0.766. The Morgan fingerprint density at radius 2 is 1.44 bits per heavy atom. The smallest absolute Gasteiger partial charge is 0.273 e. The van der Waals surface area contributed by atoms with Crippen molar-refractivity contribution in [2.75, 3.05) is 104 Å². The van der Waals surface area contributed by atoms with Gasteiger partial charge in [0.15, 0.2) is 23.1 Å². The van der Waals surface area contributed by atoms with Crippen molar-refractivity contribution < 1.29 is 62.3 Å². The molecule has 0 bridgehead atoms. The molecule has 0 aliphatic carbocycles. The summed E-state index contributed by atoms with van der Waals surface area (Å²) in [5, 5.41) is 39.4. The maximum Gasteiger partial charge on any atom is 0.273 e. The number of aromatic nitrogens is 6. The van der Waals surface area contributed by atoms with Crippen molar-refractivity contribution in [1.29, 1.82) is 0 Å². The predicted octanol–water partition coefficient (Wildman–Crippen LogP) is 2.54. The summed E-state index contributed by atoms with van der Waals surface area (Å²) < 4.78 is 34.9. The maximum atomic E-state index is 13.9. The molecule has 0 radical (unpaired) electrons. The minimum absolute atomic E-state index is 0.00228. The Kier molecular flexibility index (Phi) is 24.3. The number of carbonyl (C=O) groups excluding carboxylic acids is 6. The predicted molar refractivity (Wildman–Crippen MR) is 298 cm³/mol. The summed E-state index contributed by atoms with van der Waals surface area (Å²) in [4.78, 5) is 89.3. The minimum Gasteiger partial charge on any atom is -0.494 e. The summed E-state index contributed by atoms with van der Waals surface area (Å²) in [5.74, 6) is -1.87. The highest BCUT2D eigenvalue weighted by atomic mass is 32.1. The first-order valence-electron chi connectivity index (χ1n) is 26.4. The highest BCUT2D eigenvalue weighted by Gasteiger charge is 2.44. The third kappa shape index (κ3) is 19.3. The molecule has 6 amide bonds. The molecule has 0 unspecified atom stereocenters. The number of aliphatic hydroxyl groups is 1. The number of aryl methyl sites for hydroxylation is 2. The second kappa shape index (κ2) is 31.5. The van der Waals surface area contributed by atoms with Crippen LogP contribution in [-0.2, 0) is 61.2 Å². The number of hydrogen-bond acceptors (Lipinski definition) is 20. The lowest BCUT2D eigenvalue weighted by Crippen LogP contribution is -2.57. The van der Waals surface area contributed by atoms with Crippen molar-refractivity contribution in [3.05, 3.63) is 77.3 Å². The SMILES string of the molecule is CNC(=O)c1nnc(NC(=O)CNC(=O)CCOCCOCCOCCOCCOCCC(=O)N[C@H](C(=O)N2C[C@H](O)C[C@H]2C(=O)NCc2ccc(-c3scnc3C)cc2)C(C)(C)C)cc1Nc1cccc(-c2ncn(C)n2)c1OC. The lowest BCUT2D eigenvalue weighted by atomic mass is 9.85. The van der Waals surface area contributed by atoms with Gasteiger partial charge in [-0.15, -0.1) is 21.5 Å². The summed E-state index contributed by atoms with van der Waals surface area (Å²) in [6, 6.07) is 12.7. The van der Waals surface area contributed by atoms with Crippen LogP contribution in [-0.4, -0.2) is 187 Å². The molecule has 1 aliphatic rings. The Morgan fingerprint density at radius 1 is 0.802 bits per heavy atom. The molecular formula is C54H73N13O13S. The van der Waals surface area contributed by atoms with Gasteiger partial charge in [0.25, 0.3) is 5.91 Å². The van der Waals surface area contributed by atoms with E-state index in [4.69, 9.17) is 28.4 Å². The van der Waals surface area contributed by atoms with Gasteiger partial charge in [0.2, 0.25) is 29.5 Å². The number of ether oxygens (including phenoxy) is 6. The number of benzene rings is 2. The van der Waals surface area contributed by atoms with E-state index in [9.17, 15) is 33.9 Å². The van der Waals surface area contributed by atoms with Crippen LogP contribution in [0.5, 0.6) is 5.75 Å². The number of amides is 6. The van der Waals surface area contributed by atoms with Gasteiger partial charge in [0.05, 0.1) is 119 Å². The van der Waals surface area contributed by atoms with Crippen molar-refractivity contribution in [3.8, 4) is 27.6 Å². The largest absolute Gasteiger partial charge is 0.494 e. The second-order valence-corrected chi connectivity index (χ2v) is 20.5. The van der Waals surface area contributed by atoms with E-state index in [-0.39, 0.29) is 108 Å². The van der Waals surface area contributed by atoms with E-state index < -0.39 is 47.2 Å². The monoisotopic (exact) mass is 1140 g/mol. The molecule has 81 heavy (non-hydrogen) atoms. The molecule has 438 valence electrons. The summed E-state index contributed by atoms with van der Waals surface area (Å²) in [5.41, 5.74) is 5.22. The Bertz CT molecular complexity index is 2880. The number of nitrogens with zero attached hydrogens (tertiary/aromatic N) is 7. The number of likely N-dealkylation sites (tertiary alicyclic amines) is 1. The fourth-order valence-corrected chi connectivity index (χ4v) is 9.06. The zero-order valence-electron chi connectivity index (χ0n) is 46.7. The molecule has 2 aromatic carbocycles. The highest BCUT2D eigenvalue weighted by molar-refractivity contribution is 7.13. The van der Waals surface area contributed by atoms with Gasteiger partial charge >= 0.3 is 0 Å². The zero-order valence-corrected chi connectivity index (χ0v) is 47.5. The van der Waals surface area contributed by atoms with E-state index in [0.717, 1.165) is 21.7 Å². The minimum atomic E-state index is -0.953. The van der Waals surface area contributed by atoms with Crippen LogP contribution in [0.3, 0.4) is 0 Å². The molecule has 1 saturated heterocycles. The van der Waals surface area contributed by atoms with Gasteiger partial charge in [0, 0.05) is 52.5 Å². The average molecular weight is 1140 g/mol. The molecule has 0 spiro atoms. The molecule has 5 aromatic rings. The first-order valence-corrected chi connectivity index (χ1v) is 27.2. The molecule has 3 atom stereocenters. The van der Waals surface area contributed by atoms with Gasteiger partial charge in [-0.2, -0.15) is 5.10 Å². The molecular weight excluding hydrogens is 1070 g/mol. The Labute approximate surface area is 473 Å². The van der Waals surface area contributed by atoms with E-state index in [1.165, 1.54) is 25.1 Å². The summed E-state index contributed by atoms with van der Waals surface area (Å²) >= 11 is 1.56. The van der Waals surface area contributed by atoms with Crippen molar-refractivity contribution in [1.82, 2.24) is 56.1 Å². The van der Waals surface area contributed by atoms with Crippen LogP contribution in [0.1, 0.15) is 61.8 Å². The van der Waals surface area contributed by atoms with Crippen LogP contribution in [0.25, 0.3) is 21.8 Å². The van der Waals surface area contributed by atoms with Gasteiger partial charge < -0.3 is 70.3 Å². The van der Waals surface area contributed by atoms with Crippen LogP contribution >= 0.6 is 11.3 Å². The summed E-state index contributed by atoms with van der Waals surface area (Å²) in [7, 11) is 4.68. The van der Waals surface area contributed by atoms with Gasteiger partial charge in [-0.1, -0.05) is 51.1 Å². The van der Waals surface area contributed by atoms with Crippen molar-refractivity contribution in [2.45, 2.75) is 71.7 Å². The van der Waals surface area contributed by atoms with E-state index >= 15 is 0 Å². The average Bonchev–Trinajstić information content (AvgIpc) is 4.43. The van der Waals surface area contributed by atoms with Crippen molar-refractivity contribution in [3.63, 3.8) is 0 Å². The maximum absolute atomic E-state index is 13.9. The number of methoxy groups -OCH3 is 1. The molecule has 27 heteroatoms. The number of hydrogen-bond donors (Lipinski definition) is 7. The first-order chi connectivity index (χ1) is 38.9. The quantitative estimate of drug-likeness (QED) is 0.0304. The van der Waals surface area contributed by atoms with E-state index in [1.807, 2.05) is 52.0 Å². The number of aliphatic hydroxyl groups excluding tert-OH is 1. The summed E-state index contributed by atoms with van der Waals surface area (Å²) in [6.45, 7) is 9.80. The van der Waals surface area contributed by atoms with E-state index in [2.05, 4.69) is 57.2 Å². The number of rotatable bonds is 32. The van der Waals surface area contributed by atoms with Crippen molar-refractivity contribution >= 4 is 64.0 Å². The number of anilines is 3. The second-order valence-electron chi connectivity index (χ2n) is 19.7. The third-order valence-corrected chi connectivity index (χ3v) is 13.4. The Morgan fingerprint density at radius 3 is 2.02 bits per heavy atom. The van der Waals surface area contributed by atoms with Crippen LogP contribution in [0, 0.1) is 12.3 Å². The number of β-amino-alcohol motifs (C(OH)–C–C–N with tert-alkyl or cyclic N) is 1. The lowest BCUT2D eigenvalue weighted by Gasteiger charge is -2.35. The molecule has 4 heterocycles. The standard InChI is InChI=1S/C54H73N13O13S/c1-34-48(81-33-59-34)36-13-11-35(12-14-36)29-57-51(72)41-27-37(68)31-67(41)53(74)49(54(2,3)4)62-44(70)16-18-77-20-22-79-24-26-80-25-23-78-21-19-76-17-15-43(69)56-30-45(71)61-42-28-40(46(64-63-42)52(73)55-5)60-39-10-8-9-38(47(39)75-7)50-58-32-66(6)65-50/h8-14,28,32-33,37,41,49,68H,15-27,29-31H2,1-7H3,(H,55,73)(H,56,69)(H,57,72)(H,62,70)(H2,60,61,63,71)/t37-,41+,49-/m1/s1. The molecule has 1 aliphatic heterocycles. The fraction of sp³-hybridized carbons (Fsp3) is 0.500. The van der Waals surface area contributed by atoms with Crippen molar-refractivity contribution in [2.24, 2.45) is 12.5 Å². The molecule has 6 rings (SSSR count). The van der Waals surface area contributed by atoms with E-state index in [1.54, 1.807) is 53.1 Å².